The van der Waals surface area contributed by atoms with E-state index in [1.807, 2.05) is 33.3 Å². The average Bonchev–Trinajstić information content (AvgIpc) is 3.44. The smallest absolute Gasteiger partial charge is 0.306 e. The molecule has 9 nitrogen and oxygen atoms in total. The number of amides is 1. The summed E-state index contributed by atoms with van der Waals surface area (Å²) in [5.41, 5.74) is 0. The Kier molecular flexibility index (Phi) is 57.8. The lowest BCUT2D eigenvalue weighted by molar-refractivity contribution is -0.870. The fourth-order valence-corrected chi connectivity index (χ4v) is 10.0. The van der Waals surface area contributed by atoms with Gasteiger partial charge < -0.3 is 28.5 Å². The van der Waals surface area contributed by atoms with E-state index >= 15 is 0 Å². The maximum atomic E-state index is 13.6. The van der Waals surface area contributed by atoms with Gasteiger partial charge in [-0.25, -0.2) is 0 Å². The van der Waals surface area contributed by atoms with E-state index in [1.165, 1.54) is 167 Å². The van der Waals surface area contributed by atoms with Crippen LogP contribution in [0.15, 0.2) is 97.2 Å². The highest BCUT2D eigenvalue weighted by Gasteiger charge is 2.27. The molecule has 0 aromatic rings. The normalized spacial score (nSPS) is 14.2. The third-order valence-corrected chi connectivity index (χ3v) is 15.5. The van der Waals surface area contributed by atoms with Gasteiger partial charge in [-0.05, 0) is 109 Å². The summed E-state index contributed by atoms with van der Waals surface area (Å²) in [6.45, 7) is 6.76. The van der Waals surface area contributed by atoms with Crippen LogP contribution in [-0.4, -0.2) is 69.4 Å². The van der Waals surface area contributed by atoms with Crippen LogP contribution in [0.5, 0.6) is 0 Å². The number of phosphoric ester groups is 1. The second kappa shape index (κ2) is 60.1. The third kappa shape index (κ3) is 61.3. The number of ether oxygens (including phenoxy) is 1. The molecule has 0 spiro atoms. The van der Waals surface area contributed by atoms with Crippen molar-refractivity contribution in [3.05, 3.63) is 97.2 Å². The lowest BCUT2D eigenvalue weighted by Crippen LogP contribution is -2.47. The van der Waals surface area contributed by atoms with Gasteiger partial charge in [0.15, 0.2) is 0 Å². The molecule has 0 rings (SSSR count). The van der Waals surface area contributed by atoms with E-state index in [1.54, 1.807) is 0 Å². The van der Waals surface area contributed by atoms with E-state index in [-0.39, 0.29) is 18.9 Å². The number of carbonyl (C=O) groups is 2. The van der Waals surface area contributed by atoms with Gasteiger partial charge in [0.1, 0.15) is 19.3 Å². The van der Waals surface area contributed by atoms with Crippen LogP contribution in [0.3, 0.4) is 0 Å². The van der Waals surface area contributed by atoms with E-state index in [4.69, 9.17) is 13.8 Å². The van der Waals surface area contributed by atoms with Crippen molar-refractivity contribution in [1.29, 1.82) is 0 Å². The monoisotopic (exact) mass is 1150 g/mol. The van der Waals surface area contributed by atoms with Crippen molar-refractivity contribution >= 4 is 19.7 Å². The number of rotatable bonds is 60. The van der Waals surface area contributed by atoms with Gasteiger partial charge in [0.25, 0.3) is 7.82 Å². The van der Waals surface area contributed by atoms with Crippen LogP contribution in [0, 0.1) is 0 Å². The Labute approximate surface area is 500 Å². The summed E-state index contributed by atoms with van der Waals surface area (Å²) in [6.07, 6.45) is 81.0. The van der Waals surface area contributed by atoms with E-state index in [0.717, 1.165) is 83.5 Å². The summed E-state index contributed by atoms with van der Waals surface area (Å²) in [4.78, 5) is 40.1. The molecule has 0 aliphatic heterocycles. The van der Waals surface area contributed by atoms with Crippen LogP contribution in [0.25, 0.3) is 0 Å². The SMILES string of the molecule is CCCCC/C=C\C/C=C\C/C=C\C/C=C\CCCC(=O)OC(/C=C\CCCCCCCCCCCCC)C(COP(=O)([O-])OCC[N+](C)(C)C)NC(=O)CCCCCCCCCCCCCC/C=C\C/C=C\C/C=C\CCCCC. The Morgan fingerprint density at radius 3 is 1.17 bits per heavy atom. The maximum absolute atomic E-state index is 13.6. The zero-order chi connectivity index (χ0) is 59.3. The Hall–Kier alpha value is -3.07. The van der Waals surface area contributed by atoms with Crippen LogP contribution in [0.1, 0.15) is 290 Å². The number of allylic oxidation sites excluding steroid dienone is 15. The lowest BCUT2D eigenvalue weighted by Gasteiger charge is -2.30. The Morgan fingerprint density at radius 1 is 0.432 bits per heavy atom. The first-order valence-corrected chi connectivity index (χ1v) is 35.0. The molecule has 81 heavy (non-hydrogen) atoms. The van der Waals surface area contributed by atoms with Crippen LogP contribution in [0.2, 0.25) is 0 Å². The minimum atomic E-state index is -4.72. The van der Waals surface area contributed by atoms with E-state index in [2.05, 4.69) is 111 Å². The molecule has 0 saturated heterocycles. The molecule has 468 valence electrons. The first-order chi connectivity index (χ1) is 39.4. The molecule has 0 aliphatic rings. The number of phosphoric acid groups is 1. The topological polar surface area (TPSA) is 114 Å². The van der Waals surface area contributed by atoms with Crippen LogP contribution >= 0.6 is 7.82 Å². The molecule has 3 unspecified atom stereocenters. The van der Waals surface area contributed by atoms with E-state index in [9.17, 15) is 19.0 Å². The van der Waals surface area contributed by atoms with Crippen LogP contribution in [-0.2, 0) is 27.9 Å². The van der Waals surface area contributed by atoms with Gasteiger partial charge >= 0.3 is 5.97 Å². The molecule has 1 amide bonds. The van der Waals surface area contributed by atoms with Crippen LogP contribution in [0.4, 0.5) is 0 Å². The summed E-state index contributed by atoms with van der Waals surface area (Å²) < 4.78 is 30.3. The van der Waals surface area contributed by atoms with E-state index < -0.39 is 32.5 Å². The number of likely N-dealkylation sites (N-methyl/N-ethyl adjacent to an activating group) is 1. The number of carbonyl (C=O) groups excluding carboxylic acids is 2. The first-order valence-electron chi connectivity index (χ1n) is 33.5. The Bertz CT molecular complexity index is 1710. The Balaban J connectivity index is 5.22. The summed E-state index contributed by atoms with van der Waals surface area (Å²) in [7, 11) is 1.15. The second-order valence-corrected chi connectivity index (χ2v) is 25.0. The van der Waals surface area contributed by atoms with Crippen molar-refractivity contribution in [2.75, 3.05) is 40.9 Å². The minimum absolute atomic E-state index is 0.0345. The van der Waals surface area contributed by atoms with Gasteiger partial charge in [0.2, 0.25) is 5.91 Å². The average molecular weight is 1150 g/mol. The fourth-order valence-electron chi connectivity index (χ4n) is 9.29. The standard InChI is InChI=1S/C71H127N2O7P/c1-7-10-13-16-19-22-25-28-30-32-33-34-35-36-37-38-39-41-42-45-48-51-54-57-60-63-70(74)72-68(67-79-81(76,77)78-66-65-73(4,5)6)69(62-59-56-53-50-47-44-27-24-21-18-15-12-9-3)80-71(75)64-61-58-55-52-49-46-43-40-31-29-26-23-20-17-14-11-8-2/h19-20,22-23,28-31,33-34,43,46,52,55,59,62,68-69H,7-18,21,24-27,32,35-42,44-45,47-51,53-54,56-58,60-61,63-67H2,1-6H3,(H-,72,74,76,77)/b22-19-,23-20-,30-28-,31-29-,34-33-,46-43-,55-52-,62-59-. The highest BCUT2D eigenvalue weighted by atomic mass is 31.2. The summed E-state index contributed by atoms with van der Waals surface area (Å²) in [6, 6.07) is -0.917. The summed E-state index contributed by atoms with van der Waals surface area (Å²) in [5.74, 6) is -0.607. The Morgan fingerprint density at radius 2 is 0.765 bits per heavy atom. The molecular weight excluding hydrogens is 1020 g/mol. The van der Waals surface area contributed by atoms with Crippen molar-refractivity contribution < 1.29 is 37.3 Å². The molecular formula is C71H127N2O7P. The molecule has 10 heteroatoms. The van der Waals surface area contributed by atoms with Gasteiger partial charge in [0, 0.05) is 12.8 Å². The molecule has 3 atom stereocenters. The van der Waals surface area contributed by atoms with Crippen molar-refractivity contribution in [2.45, 2.75) is 303 Å². The number of nitrogens with one attached hydrogen (secondary N) is 1. The van der Waals surface area contributed by atoms with E-state index in [0.29, 0.717) is 23.9 Å². The van der Waals surface area contributed by atoms with Gasteiger partial charge in [-0.3, -0.25) is 14.2 Å². The molecule has 0 aromatic carbocycles. The highest BCUT2D eigenvalue weighted by molar-refractivity contribution is 7.45. The molecule has 0 bridgehead atoms. The predicted octanol–water partition coefficient (Wildman–Crippen LogP) is 20.5. The van der Waals surface area contributed by atoms with Crippen molar-refractivity contribution in [1.82, 2.24) is 5.32 Å². The fraction of sp³-hybridized carbons (Fsp3) is 0.746. The highest BCUT2D eigenvalue weighted by Crippen LogP contribution is 2.38. The second-order valence-electron chi connectivity index (χ2n) is 23.6. The van der Waals surface area contributed by atoms with Crippen molar-refractivity contribution in [2.24, 2.45) is 0 Å². The summed E-state index contributed by atoms with van der Waals surface area (Å²) >= 11 is 0. The number of esters is 1. The zero-order valence-electron chi connectivity index (χ0n) is 53.5. The quantitative estimate of drug-likeness (QED) is 0.0212. The molecule has 1 N–H and O–H groups in total. The number of hydrogen-bond acceptors (Lipinski definition) is 7. The largest absolute Gasteiger partial charge is 0.756 e. The zero-order valence-corrected chi connectivity index (χ0v) is 54.4. The van der Waals surface area contributed by atoms with Crippen molar-refractivity contribution in [3.63, 3.8) is 0 Å². The van der Waals surface area contributed by atoms with Gasteiger partial charge in [-0.2, -0.15) is 0 Å². The number of quaternary nitrogens is 1. The molecule has 0 saturated carbocycles. The maximum Gasteiger partial charge on any atom is 0.306 e. The number of nitrogens with zero attached hydrogens (tertiary/aromatic N) is 1. The lowest BCUT2D eigenvalue weighted by atomic mass is 10.0. The summed E-state index contributed by atoms with van der Waals surface area (Å²) in [5, 5.41) is 3.02. The van der Waals surface area contributed by atoms with Crippen molar-refractivity contribution in [3.8, 4) is 0 Å². The van der Waals surface area contributed by atoms with Crippen LogP contribution < -0.4 is 10.2 Å². The molecule has 0 fully saturated rings. The van der Waals surface area contributed by atoms with Gasteiger partial charge in [-0.1, -0.05) is 266 Å². The molecule has 0 aromatic heterocycles. The predicted molar refractivity (Wildman–Crippen MR) is 348 cm³/mol. The minimum Gasteiger partial charge on any atom is -0.756 e. The number of hydrogen-bond donors (Lipinski definition) is 1. The first kappa shape index (κ1) is 77.9. The molecule has 0 aliphatic carbocycles. The third-order valence-electron chi connectivity index (χ3n) is 14.5. The van der Waals surface area contributed by atoms with Gasteiger partial charge in [-0.15, -0.1) is 0 Å². The number of unbranched alkanes of at least 4 members (excludes halogenated alkanes) is 30. The molecule has 0 radical (unpaired) electrons. The van der Waals surface area contributed by atoms with Gasteiger partial charge in [0.05, 0.1) is 33.8 Å². The molecule has 0 heterocycles.